The van der Waals surface area contributed by atoms with Crippen molar-refractivity contribution in [3.8, 4) is 5.75 Å². The summed E-state index contributed by atoms with van der Waals surface area (Å²) in [5, 5.41) is 15.8. The number of aromatic hydroxyl groups is 1. The van der Waals surface area contributed by atoms with Crippen molar-refractivity contribution in [3.05, 3.63) is 108 Å². The van der Waals surface area contributed by atoms with E-state index in [0.29, 0.717) is 5.69 Å². The van der Waals surface area contributed by atoms with Crippen LogP contribution in [0.15, 0.2) is 85.5 Å². The van der Waals surface area contributed by atoms with Gasteiger partial charge < -0.3 is 20.2 Å². The molecule has 41 heavy (non-hydrogen) atoms. The standard InChI is InChI=1S/C30H31FN6O4/c1-2-15-35-20-28(39)36-25(16-21-11-13-24(38)14-12-21)29(40)34(18-23-9-6-10-26(31)33-23)19-27(36)37(35)30(41)32-17-22-7-4-3-5-8-22/h2-14,25,27,38H,1,15-20H2,(H,32,41)/t25-,27?/m0/s1. The largest absolute Gasteiger partial charge is 0.508 e. The lowest BCUT2D eigenvalue weighted by Crippen LogP contribution is -2.76. The molecule has 0 saturated carbocycles. The highest BCUT2D eigenvalue weighted by atomic mass is 19.1. The van der Waals surface area contributed by atoms with Crippen LogP contribution in [0, 0.1) is 5.95 Å². The third kappa shape index (κ3) is 6.20. The second-order valence-corrected chi connectivity index (χ2v) is 9.96. The minimum Gasteiger partial charge on any atom is -0.508 e. The smallest absolute Gasteiger partial charge is 0.334 e. The third-order valence-corrected chi connectivity index (χ3v) is 7.16. The second-order valence-electron chi connectivity index (χ2n) is 9.96. The molecule has 11 heteroatoms. The van der Waals surface area contributed by atoms with Crippen LogP contribution in [0.4, 0.5) is 9.18 Å². The molecule has 1 aromatic heterocycles. The fraction of sp³-hybridized carbons (Fsp3) is 0.267. The molecule has 1 unspecified atom stereocenters. The van der Waals surface area contributed by atoms with Crippen molar-refractivity contribution in [2.45, 2.75) is 31.7 Å². The number of pyridine rings is 1. The predicted octanol–water partition coefficient (Wildman–Crippen LogP) is 2.66. The Morgan fingerprint density at radius 2 is 1.80 bits per heavy atom. The van der Waals surface area contributed by atoms with Crippen molar-refractivity contribution in [2.75, 3.05) is 19.6 Å². The number of amides is 4. The first-order valence-electron chi connectivity index (χ1n) is 13.3. The summed E-state index contributed by atoms with van der Waals surface area (Å²) in [6.07, 6.45) is 0.937. The molecule has 2 aliphatic rings. The lowest BCUT2D eigenvalue weighted by molar-refractivity contribution is -0.189. The molecular weight excluding hydrogens is 527 g/mol. The first-order chi connectivity index (χ1) is 19.8. The molecule has 2 N–H and O–H groups in total. The number of hydrogen-bond donors (Lipinski definition) is 2. The monoisotopic (exact) mass is 558 g/mol. The molecule has 5 rings (SSSR count). The van der Waals surface area contributed by atoms with E-state index in [1.165, 1.54) is 39.1 Å². The van der Waals surface area contributed by atoms with Crippen molar-refractivity contribution in [1.29, 1.82) is 0 Å². The molecule has 0 aliphatic carbocycles. The number of phenolic OH excluding ortho intramolecular Hbond substituents is 1. The van der Waals surface area contributed by atoms with Gasteiger partial charge in [-0.05, 0) is 35.4 Å². The molecule has 212 valence electrons. The van der Waals surface area contributed by atoms with E-state index in [0.717, 1.165) is 11.1 Å². The highest BCUT2D eigenvalue weighted by Gasteiger charge is 2.51. The van der Waals surface area contributed by atoms with Gasteiger partial charge in [0.25, 0.3) is 0 Å². The van der Waals surface area contributed by atoms with Crippen LogP contribution in [0.5, 0.6) is 5.75 Å². The number of nitrogens with zero attached hydrogens (tertiary/aromatic N) is 5. The predicted molar refractivity (Wildman–Crippen MR) is 148 cm³/mol. The summed E-state index contributed by atoms with van der Waals surface area (Å²) in [5.41, 5.74) is 1.98. The van der Waals surface area contributed by atoms with E-state index < -0.39 is 24.2 Å². The van der Waals surface area contributed by atoms with Crippen LogP contribution in [-0.4, -0.2) is 79.6 Å². The highest BCUT2D eigenvalue weighted by molar-refractivity contribution is 5.91. The summed E-state index contributed by atoms with van der Waals surface area (Å²) in [7, 11) is 0. The zero-order chi connectivity index (χ0) is 28.9. The van der Waals surface area contributed by atoms with E-state index >= 15 is 0 Å². The number of aromatic nitrogens is 1. The van der Waals surface area contributed by atoms with Crippen molar-refractivity contribution in [1.82, 2.24) is 30.1 Å². The lowest BCUT2D eigenvalue weighted by atomic mass is 9.98. The number of carbonyl (C=O) groups is 3. The topological polar surface area (TPSA) is 109 Å². The number of fused-ring (bicyclic) bond motifs is 1. The molecule has 0 bridgehead atoms. The Hall–Kier alpha value is -4.77. The van der Waals surface area contributed by atoms with E-state index in [-0.39, 0.29) is 56.7 Å². The number of rotatable bonds is 8. The fourth-order valence-corrected chi connectivity index (χ4v) is 5.29. The Labute approximate surface area is 237 Å². The van der Waals surface area contributed by atoms with Crippen molar-refractivity contribution < 1.29 is 23.9 Å². The first-order valence-corrected chi connectivity index (χ1v) is 13.3. The van der Waals surface area contributed by atoms with Crippen LogP contribution >= 0.6 is 0 Å². The molecule has 2 aliphatic heterocycles. The van der Waals surface area contributed by atoms with Crippen molar-refractivity contribution >= 4 is 17.8 Å². The summed E-state index contributed by atoms with van der Waals surface area (Å²) in [5.74, 6) is -1.22. The maximum atomic E-state index is 13.9. The van der Waals surface area contributed by atoms with Crippen LogP contribution in [0.1, 0.15) is 16.8 Å². The SMILES string of the molecule is C=CCN1CC(=O)N2C(CN(Cc3cccc(F)n3)C(=O)[C@@H]2Cc2ccc(O)cc2)N1C(=O)NCc1ccccc1. The Bertz CT molecular complexity index is 1420. The Balaban J connectivity index is 1.49. The van der Waals surface area contributed by atoms with Gasteiger partial charge in [0.15, 0.2) is 0 Å². The van der Waals surface area contributed by atoms with Gasteiger partial charge in [-0.2, -0.15) is 4.39 Å². The number of piperazine rings is 1. The number of nitrogens with one attached hydrogen (secondary N) is 1. The Morgan fingerprint density at radius 1 is 1.05 bits per heavy atom. The molecule has 4 amide bonds. The average Bonchev–Trinajstić information content (AvgIpc) is 2.96. The normalized spacial score (nSPS) is 19.2. The number of urea groups is 1. The second kappa shape index (κ2) is 12.2. The molecule has 3 aromatic rings. The first kappa shape index (κ1) is 27.8. The number of hydrogen-bond acceptors (Lipinski definition) is 6. The van der Waals surface area contributed by atoms with Gasteiger partial charge >= 0.3 is 6.03 Å². The number of benzene rings is 2. The van der Waals surface area contributed by atoms with Gasteiger partial charge in [0.1, 0.15) is 18.0 Å². The molecule has 3 heterocycles. The minimum atomic E-state index is -0.936. The van der Waals surface area contributed by atoms with Crippen molar-refractivity contribution in [2.24, 2.45) is 0 Å². The maximum absolute atomic E-state index is 13.9. The van der Waals surface area contributed by atoms with Gasteiger partial charge in [0.2, 0.25) is 17.8 Å². The Morgan fingerprint density at radius 3 is 2.51 bits per heavy atom. The quantitative estimate of drug-likeness (QED) is 0.325. The van der Waals surface area contributed by atoms with Crippen molar-refractivity contribution in [3.63, 3.8) is 0 Å². The van der Waals surface area contributed by atoms with Crippen LogP contribution in [0.25, 0.3) is 0 Å². The molecular formula is C30H31FN6O4. The maximum Gasteiger partial charge on any atom is 0.334 e. The Kier molecular flexibility index (Phi) is 8.25. The number of carbonyl (C=O) groups excluding carboxylic acids is 3. The van der Waals surface area contributed by atoms with Gasteiger partial charge in [0, 0.05) is 19.5 Å². The summed E-state index contributed by atoms with van der Waals surface area (Å²) in [6, 6.07) is 18.9. The molecule has 0 spiro atoms. The fourth-order valence-electron chi connectivity index (χ4n) is 5.29. The molecule has 2 aromatic carbocycles. The van der Waals surface area contributed by atoms with E-state index in [2.05, 4.69) is 16.9 Å². The van der Waals surface area contributed by atoms with E-state index in [1.54, 1.807) is 29.3 Å². The number of halogens is 1. The van der Waals surface area contributed by atoms with Crippen LogP contribution in [0.3, 0.4) is 0 Å². The van der Waals surface area contributed by atoms with Crippen LogP contribution in [-0.2, 0) is 29.1 Å². The zero-order valence-electron chi connectivity index (χ0n) is 22.4. The van der Waals surface area contributed by atoms with Crippen LogP contribution in [0.2, 0.25) is 0 Å². The number of phenols is 1. The minimum absolute atomic E-state index is 0.00123. The van der Waals surface area contributed by atoms with Gasteiger partial charge in [0.05, 0.1) is 25.3 Å². The van der Waals surface area contributed by atoms with Gasteiger partial charge in [-0.3, -0.25) is 9.59 Å². The molecule has 10 nitrogen and oxygen atoms in total. The third-order valence-electron chi connectivity index (χ3n) is 7.16. The summed E-state index contributed by atoms with van der Waals surface area (Å²) < 4.78 is 13.9. The van der Waals surface area contributed by atoms with Gasteiger partial charge in [-0.25, -0.2) is 19.8 Å². The summed E-state index contributed by atoms with van der Waals surface area (Å²) in [6.45, 7) is 4.17. The average molecular weight is 559 g/mol. The lowest BCUT2D eigenvalue weighted by Gasteiger charge is -2.55. The molecule has 2 saturated heterocycles. The van der Waals surface area contributed by atoms with Gasteiger partial charge in [-0.1, -0.05) is 54.6 Å². The zero-order valence-corrected chi connectivity index (χ0v) is 22.4. The van der Waals surface area contributed by atoms with Crippen LogP contribution < -0.4 is 5.32 Å². The van der Waals surface area contributed by atoms with E-state index in [4.69, 9.17) is 0 Å². The number of hydrazine groups is 1. The molecule has 2 fully saturated rings. The molecule has 2 atom stereocenters. The summed E-state index contributed by atoms with van der Waals surface area (Å²) in [4.78, 5) is 48.1. The van der Waals surface area contributed by atoms with E-state index in [1.807, 2.05) is 30.3 Å². The molecule has 0 radical (unpaired) electrons. The van der Waals surface area contributed by atoms with Gasteiger partial charge in [-0.15, -0.1) is 6.58 Å². The highest BCUT2D eigenvalue weighted by Crippen LogP contribution is 2.29. The van der Waals surface area contributed by atoms with E-state index in [9.17, 15) is 23.9 Å². The summed E-state index contributed by atoms with van der Waals surface area (Å²) >= 11 is 0.